The second kappa shape index (κ2) is 5.43. The van der Waals surface area contributed by atoms with Gasteiger partial charge in [0.25, 0.3) is 0 Å². The molecule has 5 heteroatoms. The molecule has 0 spiro atoms. The predicted octanol–water partition coefficient (Wildman–Crippen LogP) is 3.06. The summed E-state index contributed by atoms with van der Waals surface area (Å²) >= 11 is 3.53. The summed E-state index contributed by atoms with van der Waals surface area (Å²) in [7, 11) is 0. The average Bonchev–Trinajstić information content (AvgIpc) is 3.04. The smallest absolute Gasteiger partial charge is 0.126 e. The van der Waals surface area contributed by atoms with E-state index in [2.05, 4.69) is 26.2 Å². The van der Waals surface area contributed by atoms with Crippen molar-refractivity contribution in [3.05, 3.63) is 52.3 Å². The zero-order valence-corrected chi connectivity index (χ0v) is 12.0. The molecule has 1 unspecified atom stereocenters. The lowest BCUT2D eigenvalue weighted by Gasteiger charge is -2.15. The fraction of sp³-hybridized carbons (Fsp3) is 0.357. The van der Waals surface area contributed by atoms with Gasteiger partial charge in [0.15, 0.2) is 0 Å². The maximum atomic E-state index is 13.7. The number of halogens is 2. The molecule has 0 fully saturated rings. The van der Waals surface area contributed by atoms with Crippen molar-refractivity contribution in [1.82, 2.24) is 14.9 Å². The fourth-order valence-electron chi connectivity index (χ4n) is 2.66. The molecule has 0 aliphatic heterocycles. The van der Waals surface area contributed by atoms with E-state index in [1.165, 1.54) is 6.07 Å². The third-order valence-corrected chi connectivity index (χ3v) is 4.29. The van der Waals surface area contributed by atoms with Crippen LogP contribution >= 0.6 is 15.9 Å². The normalized spacial score (nSPS) is 17.7. The molecule has 0 bridgehead atoms. The largest absolute Gasteiger partial charge is 0.336 e. The lowest BCUT2D eigenvalue weighted by molar-refractivity contribution is 0.500. The van der Waals surface area contributed by atoms with Crippen molar-refractivity contribution in [2.24, 2.45) is 0 Å². The van der Waals surface area contributed by atoms with Crippen LogP contribution in [0.15, 0.2) is 35.3 Å². The van der Waals surface area contributed by atoms with Crippen LogP contribution in [-0.4, -0.2) is 16.1 Å². The van der Waals surface area contributed by atoms with E-state index in [9.17, 15) is 4.39 Å². The lowest BCUT2D eigenvalue weighted by atomic mass is 10.1. The van der Waals surface area contributed by atoms with Crippen molar-refractivity contribution < 1.29 is 4.39 Å². The van der Waals surface area contributed by atoms with Crippen LogP contribution in [0.3, 0.4) is 0 Å². The van der Waals surface area contributed by atoms with Crippen LogP contribution in [0.5, 0.6) is 0 Å². The monoisotopic (exact) mass is 323 g/mol. The Labute approximate surface area is 120 Å². The summed E-state index contributed by atoms with van der Waals surface area (Å²) in [6.45, 7) is 1.72. The minimum absolute atomic E-state index is 0.0860. The first kappa shape index (κ1) is 12.8. The first-order valence-electron chi connectivity index (χ1n) is 6.41. The van der Waals surface area contributed by atoms with Gasteiger partial charge in [-0.1, -0.05) is 15.9 Å². The Hall–Kier alpha value is -1.20. The van der Waals surface area contributed by atoms with Crippen LogP contribution in [0.2, 0.25) is 0 Å². The van der Waals surface area contributed by atoms with Gasteiger partial charge < -0.3 is 9.88 Å². The van der Waals surface area contributed by atoms with Crippen LogP contribution in [0.1, 0.15) is 23.6 Å². The number of fused-ring (bicyclic) bond motifs is 1. The number of rotatable bonds is 4. The Balaban J connectivity index is 1.67. The van der Waals surface area contributed by atoms with E-state index in [1.807, 2.05) is 10.8 Å². The van der Waals surface area contributed by atoms with Gasteiger partial charge in [-0.2, -0.15) is 0 Å². The molecule has 19 heavy (non-hydrogen) atoms. The van der Waals surface area contributed by atoms with Crippen molar-refractivity contribution in [2.45, 2.75) is 25.4 Å². The first-order chi connectivity index (χ1) is 9.25. The maximum absolute atomic E-state index is 13.7. The minimum atomic E-state index is -0.0860. The second-order valence-corrected chi connectivity index (χ2v) is 5.62. The van der Waals surface area contributed by atoms with Gasteiger partial charge in [0.05, 0.1) is 6.33 Å². The van der Waals surface area contributed by atoms with Crippen molar-refractivity contribution in [2.75, 3.05) is 6.54 Å². The van der Waals surface area contributed by atoms with E-state index in [1.54, 1.807) is 18.6 Å². The number of aromatic nitrogens is 2. The van der Waals surface area contributed by atoms with Gasteiger partial charge in [0.1, 0.15) is 5.82 Å². The van der Waals surface area contributed by atoms with E-state index in [0.29, 0.717) is 0 Å². The van der Waals surface area contributed by atoms with E-state index < -0.39 is 0 Å². The third-order valence-electron chi connectivity index (χ3n) is 3.60. The summed E-state index contributed by atoms with van der Waals surface area (Å²) in [5.74, 6) is -0.0860. The molecular formula is C14H15BrFN3. The number of imidazole rings is 1. The number of hydrogen-bond donors (Lipinski definition) is 1. The first-order valence-corrected chi connectivity index (χ1v) is 7.21. The maximum Gasteiger partial charge on any atom is 0.126 e. The standard InChI is InChI=1S/C14H15BrFN3/c15-11-2-3-12(16)10-1-4-13(14(10)11)18-6-8-19-7-5-17-9-19/h2-3,5,7,9,13,18H,1,4,6,8H2. The Bertz CT molecular complexity index is 568. The molecule has 1 aliphatic carbocycles. The second-order valence-electron chi connectivity index (χ2n) is 4.77. The summed E-state index contributed by atoms with van der Waals surface area (Å²) in [6, 6.07) is 3.57. The number of hydrogen-bond acceptors (Lipinski definition) is 2. The average molecular weight is 324 g/mol. The van der Waals surface area contributed by atoms with Crippen LogP contribution < -0.4 is 5.32 Å². The number of nitrogens with one attached hydrogen (secondary N) is 1. The molecule has 100 valence electrons. The highest BCUT2D eigenvalue weighted by Crippen LogP contribution is 2.37. The highest BCUT2D eigenvalue weighted by molar-refractivity contribution is 9.10. The molecule has 1 atom stereocenters. The highest BCUT2D eigenvalue weighted by Gasteiger charge is 2.26. The van der Waals surface area contributed by atoms with Crippen molar-refractivity contribution >= 4 is 15.9 Å². The number of nitrogens with zero attached hydrogens (tertiary/aromatic N) is 2. The van der Waals surface area contributed by atoms with Gasteiger partial charge >= 0.3 is 0 Å². The van der Waals surface area contributed by atoms with Crippen LogP contribution in [0, 0.1) is 5.82 Å². The van der Waals surface area contributed by atoms with Gasteiger partial charge in [0, 0.05) is 36.0 Å². The molecule has 0 radical (unpaired) electrons. The predicted molar refractivity (Wildman–Crippen MR) is 75.4 cm³/mol. The van der Waals surface area contributed by atoms with Crippen molar-refractivity contribution in [3.8, 4) is 0 Å². The van der Waals surface area contributed by atoms with Gasteiger partial charge in [-0.05, 0) is 36.1 Å². The Morgan fingerprint density at radius 2 is 2.37 bits per heavy atom. The molecule has 0 amide bonds. The summed E-state index contributed by atoms with van der Waals surface area (Å²) in [6.07, 6.45) is 7.29. The van der Waals surface area contributed by atoms with Gasteiger partial charge in [-0.15, -0.1) is 0 Å². The van der Waals surface area contributed by atoms with Crippen LogP contribution in [0.4, 0.5) is 4.39 Å². The Morgan fingerprint density at radius 3 is 3.16 bits per heavy atom. The quantitative estimate of drug-likeness (QED) is 0.937. The minimum Gasteiger partial charge on any atom is -0.336 e. The van der Waals surface area contributed by atoms with E-state index >= 15 is 0 Å². The highest BCUT2D eigenvalue weighted by atomic mass is 79.9. The topological polar surface area (TPSA) is 29.9 Å². The van der Waals surface area contributed by atoms with E-state index in [4.69, 9.17) is 0 Å². The van der Waals surface area contributed by atoms with E-state index in [-0.39, 0.29) is 11.9 Å². The van der Waals surface area contributed by atoms with Crippen LogP contribution in [-0.2, 0) is 13.0 Å². The summed E-state index contributed by atoms with van der Waals surface area (Å²) in [5.41, 5.74) is 1.94. The zero-order valence-electron chi connectivity index (χ0n) is 10.4. The molecule has 0 saturated carbocycles. The van der Waals surface area contributed by atoms with Crippen LogP contribution in [0.25, 0.3) is 0 Å². The summed E-state index contributed by atoms with van der Waals surface area (Å²) in [5, 5.41) is 3.50. The third kappa shape index (κ3) is 2.58. The van der Waals surface area contributed by atoms with Gasteiger partial charge in [-0.25, -0.2) is 9.37 Å². The summed E-state index contributed by atoms with van der Waals surface area (Å²) in [4.78, 5) is 4.01. The molecule has 1 N–H and O–H groups in total. The SMILES string of the molecule is Fc1ccc(Br)c2c1CCC2NCCn1ccnc1. The molecule has 2 aromatic rings. The fourth-order valence-corrected chi connectivity index (χ4v) is 3.31. The number of benzene rings is 1. The molecule has 0 saturated heterocycles. The Morgan fingerprint density at radius 1 is 1.47 bits per heavy atom. The molecule has 1 aliphatic rings. The zero-order chi connectivity index (χ0) is 13.2. The lowest BCUT2D eigenvalue weighted by Crippen LogP contribution is -2.23. The van der Waals surface area contributed by atoms with Gasteiger partial charge in [0.2, 0.25) is 0 Å². The molecule has 1 aromatic heterocycles. The molecule has 1 aromatic carbocycles. The van der Waals surface area contributed by atoms with E-state index in [0.717, 1.165) is 41.5 Å². The van der Waals surface area contributed by atoms with Crippen molar-refractivity contribution in [1.29, 1.82) is 0 Å². The van der Waals surface area contributed by atoms with Gasteiger partial charge in [-0.3, -0.25) is 0 Å². The molecule has 3 nitrogen and oxygen atoms in total. The molecular weight excluding hydrogens is 309 g/mol. The molecule has 3 rings (SSSR count). The molecule has 1 heterocycles. The Kier molecular flexibility index (Phi) is 3.66. The summed E-state index contributed by atoms with van der Waals surface area (Å²) < 4.78 is 16.8. The van der Waals surface area contributed by atoms with Crippen molar-refractivity contribution in [3.63, 3.8) is 0 Å².